The number of benzene rings is 1. The number of carbonyl (C=O) groups is 1. The van der Waals surface area contributed by atoms with Gasteiger partial charge in [-0.3, -0.25) is 0 Å². The second-order valence-electron chi connectivity index (χ2n) is 4.32. The van der Waals surface area contributed by atoms with E-state index in [1.807, 2.05) is 19.1 Å². The number of halogens is 1. The molecule has 0 spiro atoms. The van der Waals surface area contributed by atoms with Crippen LogP contribution >= 0.6 is 11.6 Å². The van der Waals surface area contributed by atoms with Gasteiger partial charge in [-0.1, -0.05) is 11.6 Å². The zero-order valence-electron chi connectivity index (χ0n) is 11.5. The van der Waals surface area contributed by atoms with Crippen molar-refractivity contribution in [1.82, 2.24) is 0 Å². The lowest BCUT2D eigenvalue weighted by molar-refractivity contribution is -0.150. The molecule has 0 radical (unpaired) electrons. The third-order valence-corrected chi connectivity index (χ3v) is 2.84. The lowest BCUT2D eigenvalue weighted by Crippen LogP contribution is -2.48. The van der Waals surface area contributed by atoms with Gasteiger partial charge in [0.2, 0.25) is 0 Å². The van der Waals surface area contributed by atoms with Gasteiger partial charge in [0.25, 0.3) is 0 Å². The molecule has 1 aromatic carbocycles. The highest BCUT2D eigenvalue weighted by Crippen LogP contribution is 2.20. The highest BCUT2D eigenvalue weighted by molar-refractivity contribution is 6.30. The molecule has 1 unspecified atom stereocenters. The minimum Gasteiger partial charge on any atom is -0.464 e. The largest absolute Gasteiger partial charge is 0.464 e. The van der Waals surface area contributed by atoms with Crippen molar-refractivity contribution in [3.8, 4) is 0 Å². The Bertz CT molecular complexity index is 408. The van der Waals surface area contributed by atoms with Crippen molar-refractivity contribution in [2.75, 3.05) is 25.1 Å². The van der Waals surface area contributed by atoms with Crippen molar-refractivity contribution in [2.24, 2.45) is 0 Å². The van der Waals surface area contributed by atoms with Crippen LogP contribution in [0.4, 0.5) is 5.69 Å². The maximum atomic E-state index is 12.1. The SMILES string of the molecule is CCOCC(C)(Nc1ccc(Cl)cc1)C(=O)OCC. The molecule has 0 aliphatic rings. The van der Waals surface area contributed by atoms with Gasteiger partial charge in [-0.25, -0.2) is 4.79 Å². The van der Waals surface area contributed by atoms with Crippen LogP contribution in [0, 0.1) is 0 Å². The summed E-state index contributed by atoms with van der Waals surface area (Å²) in [5.74, 6) is -0.335. The number of hydrogen-bond donors (Lipinski definition) is 1. The quantitative estimate of drug-likeness (QED) is 0.782. The van der Waals surface area contributed by atoms with Gasteiger partial charge >= 0.3 is 5.97 Å². The molecule has 19 heavy (non-hydrogen) atoms. The first-order valence-electron chi connectivity index (χ1n) is 6.30. The van der Waals surface area contributed by atoms with Gasteiger partial charge in [0.15, 0.2) is 5.54 Å². The van der Waals surface area contributed by atoms with Gasteiger partial charge in [0.1, 0.15) is 0 Å². The average Bonchev–Trinajstić information content (AvgIpc) is 2.39. The normalized spacial score (nSPS) is 13.7. The number of ether oxygens (including phenoxy) is 2. The summed E-state index contributed by atoms with van der Waals surface area (Å²) in [6.45, 7) is 6.54. The molecule has 4 nitrogen and oxygen atoms in total. The summed E-state index contributed by atoms with van der Waals surface area (Å²) >= 11 is 5.83. The van der Waals surface area contributed by atoms with Gasteiger partial charge < -0.3 is 14.8 Å². The maximum absolute atomic E-state index is 12.1. The molecule has 0 aliphatic carbocycles. The molecule has 0 bridgehead atoms. The second kappa shape index (κ2) is 7.36. The first kappa shape index (κ1) is 15.8. The van der Waals surface area contributed by atoms with Crippen LogP contribution in [0.5, 0.6) is 0 Å². The van der Waals surface area contributed by atoms with Crippen LogP contribution in [-0.2, 0) is 14.3 Å². The summed E-state index contributed by atoms with van der Waals surface area (Å²) in [5, 5.41) is 3.79. The van der Waals surface area contributed by atoms with Gasteiger partial charge in [0, 0.05) is 17.3 Å². The van der Waals surface area contributed by atoms with Crippen LogP contribution in [0.15, 0.2) is 24.3 Å². The van der Waals surface area contributed by atoms with E-state index in [9.17, 15) is 4.79 Å². The fourth-order valence-electron chi connectivity index (χ4n) is 1.59. The molecule has 1 aromatic rings. The molecular weight excluding hydrogens is 266 g/mol. The lowest BCUT2D eigenvalue weighted by atomic mass is 10.0. The Kier molecular flexibility index (Phi) is 6.12. The molecule has 1 N–H and O–H groups in total. The minimum absolute atomic E-state index is 0.241. The van der Waals surface area contributed by atoms with E-state index in [-0.39, 0.29) is 12.6 Å². The Labute approximate surface area is 119 Å². The van der Waals surface area contributed by atoms with Crippen molar-refractivity contribution in [2.45, 2.75) is 26.3 Å². The van der Waals surface area contributed by atoms with Crippen LogP contribution in [0.2, 0.25) is 5.02 Å². The molecule has 0 aromatic heterocycles. The maximum Gasteiger partial charge on any atom is 0.333 e. The Morgan fingerprint density at radius 2 is 1.89 bits per heavy atom. The van der Waals surface area contributed by atoms with E-state index in [2.05, 4.69) is 5.32 Å². The fourth-order valence-corrected chi connectivity index (χ4v) is 1.72. The zero-order chi connectivity index (χ0) is 14.3. The van der Waals surface area contributed by atoms with Crippen LogP contribution < -0.4 is 5.32 Å². The van der Waals surface area contributed by atoms with Crippen LogP contribution in [-0.4, -0.2) is 31.3 Å². The molecule has 0 saturated carbocycles. The van der Waals surface area contributed by atoms with Gasteiger partial charge in [-0.05, 0) is 45.0 Å². The fraction of sp³-hybridized carbons (Fsp3) is 0.500. The van der Waals surface area contributed by atoms with Crippen molar-refractivity contribution < 1.29 is 14.3 Å². The molecule has 0 heterocycles. The van der Waals surface area contributed by atoms with Gasteiger partial charge in [-0.2, -0.15) is 0 Å². The summed E-state index contributed by atoms with van der Waals surface area (Å²) in [6, 6.07) is 7.14. The minimum atomic E-state index is -0.917. The topological polar surface area (TPSA) is 47.6 Å². The number of esters is 1. The summed E-state index contributed by atoms with van der Waals surface area (Å²) in [4.78, 5) is 12.1. The molecule has 0 saturated heterocycles. The van der Waals surface area contributed by atoms with Crippen LogP contribution in [0.1, 0.15) is 20.8 Å². The van der Waals surface area contributed by atoms with E-state index < -0.39 is 5.54 Å². The molecule has 5 heteroatoms. The number of hydrogen-bond acceptors (Lipinski definition) is 4. The Morgan fingerprint density at radius 3 is 2.42 bits per heavy atom. The lowest BCUT2D eigenvalue weighted by Gasteiger charge is -2.29. The first-order valence-corrected chi connectivity index (χ1v) is 6.68. The van der Waals surface area contributed by atoms with Crippen molar-refractivity contribution >= 4 is 23.3 Å². The molecule has 0 amide bonds. The summed E-state index contributed by atoms with van der Waals surface area (Å²) < 4.78 is 10.5. The second-order valence-corrected chi connectivity index (χ2v) is 4.76. The molecule has 1 atom stereocenters. The van der Waals surface area contributed by atoms with Crippen molar-refractivity contribution in [3.05, 3.63) is 29.3 Å². The monoisotopic (exact) mass is 285 g/mol. The smallest absolute Gasteiger partial charge is 0.333 e. The summed E-state index contributed by atoms with van der Waals surface area (Å²) in [7, 11) is 0. The number of anilines is 1. The van der Waals surface area contributed by atoms with Gasteiger partial charge in [-0.15, -0.1) is 0 Å². The van der Waals surface area contributed by atoms with Crippen LogP contribution in [0.25, 0.3) is 0 Å². The van der Waals surface area contributed by atoms with Crippen LogP contribution in [0.3, 0.4) is 0 Å². The zero-order valence-corrected chi connectivity index (χ0v) is 12.3. The van der Waals surface area contributed by atoms with E-state index in [4.69, 9.17) is 21.1 Å². The third kappa shape index (κ3) is 4.73. The van der Waals surface area contributed by atoms with Gasteiger partial charge in [0.05, 0.1) is 13.2 Å². The number of rotatable bonds is 7. The predicted octanol–water partition coefficient (Wildman–Crippen LogP) is 3.11. The van der Waals surface area contributed by atoms with E-state index in [1.165, 1.54) is 0 Å². The van der Waals surface area contributed by atoms with E-state index in [1.54, 1.807) is 26.0 Å². The van der Waals surface area contributed by atoms with E-state index >= 15 is 0 Å². The first-order chi connectivity index (χ1) is 9.01. The molecule has 0 aliphatic heterocycles. The number of carbonyl (C=O) groups excluding carboxylic acids is 1. The highest BCUT2D eigenvalue weighted by atomic mass is 35.5. The van der Waals surface area contributed by atoms with E-state index in [0.717, 1.165) is 5.69 Å². The molecular formula is C14H20ClNO3. The number of nitrogens with one attached hydrogen (secondary N) is 1. The Morgan fingerprint density at radius 1 is 1.26 bits per heavy atom. The van der Waals surface area contributed by atoms with E-state index in [0.29, 0.717) is 18.2 Å². The molecule has 0 fully saturated rings. The predicted molar refractivity (Wildman–Crippen MR) is 76.6 cm³/mol. The van der Waals surface area contributed by atoms with Crippen molar-refractivity contribution in [3.63, 3.8) is 0 Å². The third-order valence-electron chi connectivity index (χ3n) is 2.59. The summed E-state index contributed by atoms with van der Waals surface area (Å²) in [5.41, 5.74) is -0.125. The Hall–Kier alpha value is -1.26. The summed E-state index contributed by atoms with van der Waals surface area (Å²) in [6.07, 6.45) is 0. The average molecular weight is 286 g/mol. The molecule has 1 rings (SSSR count). The molecule has 106 valence electrons. The highest BCUT2D eigenvalue weighted by Gasteiger charge is 2.35. The van der Waals surface area contributed by atoms with Crippen molar-refractivity contribution in [1.29, 1.82) is 0 Å². The Balaban J connectivity index is 2.83. The standard InChI is InChI=1S/C14H20ClNO3/c1-4-18-10-14(3,13(17)19-5-2)16-12-8-6-11(15)7-9-12/h6-9,16H,4-5,10H2,1-3H3.